The molecule has 4 N–H and O–H groups in total. The molecule has 1 rings (SSSR count). The Labute approximate surface area is 115 Å². The molecule has 1 aliphatic rings. The van der Waals surface area contributed by atoms with E-state index in [1.807, 2.05) is 0 Å². The second-order valence-electron chi connectivity index (χ2n) is 4.04. The Morgan fingerprint density at radius 2 is 1.29 bits per heavy atom. The minimum atomic E-state index is -1.37. The van der Waals surface area contributed by atoms with E-state index in [2.05, 4.69) is 0 Å². The first-order valence-electron chi connectivity index (χ1n) is 5.31. The van der Waals surface area contributed by atoms with Crippen molar-refractivity contribution in [3.05, 3.63) is 0 Å². The Bertz CT molecular complexity index is 224. The Hall–Kier alpha value is -0.452. The fourth-order valence-electron chi connectivity index (χ4n) is 1.41. The van der Waals surface area contributed by atoms with E-state index in [1.54, 1.807) is 0 Å². The number of rotatable bonds is 3. The van der Waals surface area contributed by atoms with Crippen LogP contribution in [0.2, 0.25) is 0 Å². The van der Waals surface area contributed by atoms with Crippen LogP contribution in [0.3, 0.4) is 0 Å². The molecule has 1 fully saturated rings. The molecule has 102 valence electrons. The average Bonchev–Trinajstić information content (AvgIpc) is 2.15. The molecule has 0 aliphatic heterocycles. The first-order chi connectivity index (χ1) is 7.33. The molecule has 0 aromatic carbocycles. The van der Waals surface area contributed by atoms with Gasteiger partial charge in [-0.05, 0) is 25.7 Å². The number of carbonyl (C=O) groups is 2. The number of hydrogen-bond donors (Lipinski definition) is 2. The molecule has 7 heteroatoms. The minimum absolute atomic E-state index is 0. The maximum absolute atomic E-state index is 9.50. The summed E-state index contributed by atoms with van der Waals surface area (Å²) in [5.41, 5.74) is 11.0. The molecule has 1 saturated carbocycles. The maximum Gasteiger partial charge on any atom is 2.00 e. The summed E-state index contributed by atoms with van der Waals surface area (Å²) in [5.74, 6) is -2.73. The summed E-state index contributed by atoms with van der Waals surface area (Å²) in [6.07, 6.45) is 4.82. The molecule has 0 saturated heterocycles. The predicted molar refractivity (Wildman–Crippen MR) is 53.4 cm³/mol. The van der Waals surface area contributed by atoms with Crippen molar-refractivity contribution in [2.45, 2.75) is 50.6 Å². The average molecular weight is 425 g/mol. The van der Waals surface area contributed by atoms with Crippen LogP contribution in [-0.2, 0) is 30.7 Å². The van der Waals surface area contributed by atoms with Gasteiger partial charge in [-0.25, -0.2) is 0 Å². The van der Waals surface area contributed by atoms with Crippen molar-refractivity contribution in [1.82, 2.24) is 0 Å². The summed E-state index contributed by atoms with van der Waals surface area (Å²) in [6, 6.07) is 0. The van der Waals surface area contributed by atoms with Gasteiger partial charge in [0.05, 0.1) is 5.66 Å². The van der Waals surface area contributed by atoms with Gasteiger partial charge in [0.1, 0.15) is 0 Å². The van der Waals surface area contributed by atoms with E-state index in [9.17, 15) is 19.8 Å². The zero-order valence-electron chi connectivity index (χ0n) is 9.55. The van der Waals surface area contributed by atoms with Crippen molar-refractivity contribution in [3.63, 3.8) is 0 Å². The predicted octanol–water partition coefficient (Wildman–Crippen LogP) is -2.17. The maximum atomic E-state index is 9.50. The smallest absolute Gasteiger partial charge is 0.550 e. The van der Waals surface area contributed by atoms with Gasteiger partial charge in [0, 0.05) is 11.9 Å². The van der Waals surface area contributed by atoms with Crippen LogP contribution in [0, 0.1) is 0 Å². The first kappa shape index (κ1) is 18.9. The number of nitrogens with two attached hydrogens (primary N) is 2. The quantitative estimate of drug-likeness (QED) is 0.495. The molecule has 0 spiro atoms. The van der Waals surface area contributed by atoms with Crippen LogP contribution >= 0.6 is 0 Å². The fraction of sp³-hybridized carbons (Fsp3) is 0.800. The third-order valence-electron chi connectivity index (χ3n) is 2.32. The van der Waals surface area contributed by atoms with Crippen LogP contribution < -0.4 is 21.7 Å². The standard InChI is InChI=1S/C6H14N2.C4H6O4.Pt/c7-6(8)4-2-1-3-5-6;5-3(6)1-2-4(7)8;/h1-5,7-8H2;1-2H2,(H,5,6)(H,7,8);/q;;+2/p-2. The number of carboxylic acid groups (broad SMARTS) is 2. The zero-order chi connectivity index (χ0) is 12.6. The van der Waals surface area contributed by atoms with Crippen LogP contribution in [0.1, 0.15) is 44.9 Å². The molecule has 0 amide bonds. The van der Waals surface area contributed by atoms with Crippen molar-refractivity contribution >= 4 is 11.9 Å². The Balaban J connectivity index is 0. The van der Waals surface area contributed by atoms with E-state index >= 15 is 0 Å². The monoisotopic (exact) mass is 425 g/mol. The van der Waals surface area contributed by atoms with Gasteiger partial charge in [0.25, 0.3) is 0 Å². The van der Waals surface area contributed by atoms with Gasteiger partial charge in [-0.15, -0.1) is 0 Å². The van der Waals surface area contributed by atoms with Crippen LogP contribution in [0.15, 0.2) is 0 Å². The van der Waals surface area contributed by atoms with Crippen LogP contribution in [-0.4, -0.2) is 17.6 Å². The van der Waals surface area contributed by atoms with Crippen molar-refractivity contribution in [3.8, 4) is 0 Å². The zero-order valence-corrected chi connectivity index (χ0v) is 11.8. The number of aliphatic carboxylic acids is 2. The largest absolute Gasteiger partial charge is 2.00 e. The fourth-order valence-corrected chi connectivity index (χ4v) is 1.41. The van der Waals surface area contributed by atoms with Gasteiger partial charge in [-0.1, -0.05) is 19.3 Å². The van der Waals surface area contributed by atoms with Gasteiger partial charge in [0.15, 0.2) is 0 Å². The topological polar surface area (TPSA) is 132 Å². The second-order valence-corrected chi connectivity index (χ2v) is 4.04. The number of carboxylic acids is 2. The van der Waals surface area contributed by atoms with Crippen molar-refractivity contribution < 1.29 is 40.9 Å². The SMILES string of the molecule is NC1(N)CCCCC1.O=C([O-])CCC(=O)[O-].[Pt+2]. The van der Waals surface area contributed by atoms with Crippen molar-refractivity contribution in [2.75, 3.05) is 0 Å². The molecule has 0 aromatic rings. The second kappa shape index (κ2) is 9.57. The molecule has 0 atom stereocenters. The van der Waals surface area contributed by atoms with E-state index in [1.165, 1.54) is 19.3 Å². The molecule has 0 unspecified atom stereocenters. The third-order valence-corrected chi connectivity index (χ3v) is 2.32. The molecule has 0 bridgehead atoms. The summed E-state index contributed by atoms with van der Waals surface area (Å²) < 4.78 is 0. The summed E-state index contributed by atoms with van der Waals surface area (Å²) >= 11 is 0. The Kier molecular flexibility index (Phi) is 10.6. The van der Waals surface area contributed by atoms with E-state index in [0.29, 0.717) is 0 Å². The van der Waals surface area contributed by atoms with Crippen LogP contribution in [0.4, 0.5) is 0 Å². The minimum Gasteiger partial charge on any atom is -0.550 e. The van der Waals surface area contributed by atoms with E-state index in [4.69, 9.17) is 11.5 Å². The van der Waals surface area contributed by atoms with Crippen molar-refractivity contribution in [1.29, 1.82) is 0 Å². The van der Waals surface area contributed by atoms with Crippen molar-refractivity contribution in [2.24, 2.45) is 11.5 Å². The molecular formula is C10H18N2O4Pt. The van der Waals surface area contributed by atoms with Gasteiger partial charge in [0.2, 0.25) is 0 Å². The van der Waals surface area contributed by atoms with E-state index in [0.717, 1.165) is 12.8 Å². The van der Waals surface area contributed by atoms with E-state index < -0.39 is 24.8 Å². The Morgan fingerprint density at radius 3 is 1.47 bits per heavy atom. The molecule has 0 radical (unpaired) electrons. The normalized spacial score (nSPS) is 17.1. The molecule has 0 aromatic heterocycles. The van der Waals surface area contributed by atoms with Gasteiger partial charge >= 0.3 is 21.1 Å². The van der Waals surface area contributed by atoms with Crippen LogP contribution in [0.25, 0.3) is 0 Å². The van der Waals surface area contributed by atoms with Gasteiger partial charge in [-0.3, -0.25) is 0 Å². The third kappa shape index (κ3) is 13.5. The first-order valence-corrected chi connectivity index (χ1v) is 5.31. The van der Waals surface area contributed by atoms with Gasteiger partial charge in [-0.2, -0.15) is 0 Å². The summed E-state index contributed by atoms with van der Waals surface area (Å²) in [5, 5.41) is 19.0. The Morgan fingerprint density at radius 1 is 0.941 bits per heavy atom. The number of hydrogen-bond acceptors (Lipinski definition) is 6. The molecule has 6 nitrogen and oxygen atoms in total. The van der Waals surface area contributed by atoms with E-state index in [-0.39, 0.29) is 26.7 Å². The molecule has 17 heavy (non-hydrogen) atoms. The number of carbonyl (C=O) groups excluding carboxylic acids is 2. The summed E-state index contributed by atoms with van der Waals surface area (Å²) in [7, 11) is 0. The molecule has 0 heterocycles. The summed E-state index contributed by atoms with van der Waals surface area (Å²) in [6.45, 7) is 0. The molecular weight excluding hydrogens is 407 g/mol. The van der Waals surface area contributed by atoms with Crippen LogP contribution in [0.5, 0.6) is 0 Å². The summed E-state index contributed by atoms with van der Waals surface area (Å²) in [4.78, 5) is 19.0. The molecule has 1 aliphatic carbocycles. The van der Waals surface area contributed by atoms with Gasteiger partial charge < -0.3 is 31.3 Å².